The topological polar surface area (TPSA) is 58.6 Å². The zero-order valence-electron chi connectivity index (χ0n) is 13.2. The zero-order chi connectivity index (χ0) is 16.3. The molecule has 4 heteroatoms. The summed E-state index contributed by atoms with van der Waals surface area (Å²) in [5.74, 6) is -0.0664. The van der Waals surface area contributed by atoms with Crippen LogP contribution in [0.2, 0.25) is 0 Å². The van der Waals surface area contributed by atoms with Gasteiger partial charge in [0.05, 0.1) is 12.7 Å². The first-order valence-electron chi connectivity index (χ1n) is 7.87. The lowest BCUT2D eigenvalue weighted by molar-refractivity contribution is -0.121. The van der Waals surface area contributed by atoms with E-state index in [-0.39, 0.29) is 12.5 Å². The zero-order valence-corrected chi connectivity index (χ0v) is 13.2. The molecular formula is C19H23NO3. The highest BCUT2D eigenvalue weighted by Crippen LogP contribution is 2.10. The number of carbonyl (C=O) groups is 1. The minimum Gasteiger partial charge on any atom is -0.387 e. The Bertz CT molecular complexity index is 572. The molecule has 0 saturated carbocycles. The van der Waals surface area contributed by atoms with Gasteiger partial charge in [0.25, 0.3) is 0 Å². The second-order valence-electron chi connectivity index (χ2n) is 5.37. The third-order valence-electron chi connectivity index (χ3n) is 3.48. The first-order chi connectivity index (χ1) is 11.3. The Hall–Kier alpha value is -2.17. The van der Waals surface area contributed by atoms with Crippen LogP contribution in [0.5, 0.6) is 0 Å². The second-order valence-corrected chi connectivity index (χ2v) is 5.37. The number of hydrogen-bond acceptors (Lipinski definition) is 3. The summed E-state index contributed by atoms with van der Waals surface area (Å²) in [7, 11) is 0. The van der Waals surface area contributed by atoms with Gasteiger partial charge >= 0.3 is 0 Å². The highest BCUT2D eigenvalue weighted by atomic mass is 16.5. The maximum atomic E-state index is 11.7. The van der Waals surface area contributed by atoms with Crippen LogP contribution in [-0.2, 0) is 16.1 Å². The van der Waals surface area contributed by atoms with Gasteiger partial charge in [0.2, 0.25) is 5.91 Å². The van der Waals surface area contributed by atoms with E-state index in [9.17, 15) is 9.90 Å². The minimum absolute atomic E-state index is 0.0664. The summed E-state index contributed by atoms with van der Waals surface area (Å²) in [6, 6.07) is 19.3. The van der Waals surface area contributed by atoms with Gasteiger partial charge in [0, 0.05) is 19.6 Å². The van der Waals surface area contributed by atoms with Gasteiger partial charge in [0.15, 0.2) is 0 Å². The maximum Gasteiger partial charge on any atom is 0.220 e. The molecule has 0 fully saturated rings. The summed E-state index contributed by atoms with van der Waals surface area (Å²) < 4.78 is 5.54. The van der Waals surface area contributed by atoms with Crippen molar-refractivity contribution in [2.24, 2.45) is 0 Å². The summed E-state index contributed by atoms with van der Waals surface area (Å²) in [6.07, 6.45) is 0.394. The van der Waals surface area contributed by atoms with Crippen LogP contribution in [-0.4, -0.2) is 24.2 Å². The van der Waals surface area contributed by atoms with Crippen molar-refractivity contribution in [2.45, 2.75) is 25.6 Å². The van der Waals surface area contributed by atoms with Gasteiger partial charge in [0.1, 0.15) is 0 Å². The number of benzene rings is 2. The lowest BCUT2D eigenvalue weighted by Crippen LogP contribution is -2.28. The predicted octanol–water partition coefficient (Wildman–Crippen LogP) is 2.83. The molecule has 1 atom stereocenters. The number of nitrogens with one attached hydrogen (secondary N) is 1. The first kappa shape index (κ1) is 17.2. The average Bonchev–Trinajstić information content (AvgIpc) is 2.61. The Kier molecular flexibility index (Phi) is 7.30. The van der Waals surface area contributed by atoms with Crippen LogP contribution in [0.15, 0.2) is 60.7 Å². The Morgan fingerprint density at radius 3 is 2.39 bits per heavy atom. The molecule has 23 heavy (non-hydrogen) atoms. The van der Waals surface area contributed by atoms with Gasteiger partial charge in [-0.15, -0.1) is 0 Å². The molecule has 0 saturated heterocycles. The molecule has 0 aromatic heterocycles. The molecule has 0 aliphatic heterocycles. The number of aliphatic hydroxyl groups is 1. The molecule has 0 aliphatic carbocycles. The van der Waals surface area contributed by atoms with Crippen molar-refractivity contribution in [2.75, 3.05) is 13.2 Å². The van der Waals surface area contributed by atoms with E-state index >= 15 is 0 Å². The largest absolute Gasteiger partial charge is 0.387 e. The Morgan fingerprint density at radius 2 is 1.70 bits per heavy atom. The van der Waals surface area contributed by atoms with Crippen molar-refractivity contribution in [3.8, 4) is 0 Å². The lowest BCUT2D eigenvalue weighted by Gasteiger charge is -2.12. The molecule has 2 aromatic carbocycles. The van der Waals surface area contributed by atoms with Crippen LogP contribution < -0.4 is 5.32 Å². The van der Waals surface area contributed by atoms with Gasteiger partial charge in [-0.05, 0) is 17.5 Å². The second kappa shape index (κ2) is 9.77. The van der Waals surface area contributed by atoms with E-state index in [1.807, 2.05) is 60.7 Å². The molecule has 0 radical (unpaired) electrons. The third-order valence-corrected chi connectivity index (χ3v) is 3.48. The smallest absolute Gasteiger partial charge is 0.220 e. The Balaban J connectivity index is 1.55. The fraction of sp³-hybridized carbons (Fsp3) is 0.316. The van der Waals surface area contributed by atoms with Crippen molar-refractivity contribution in [3.05, 3.63) is 71.8 Å². The predicted molar refractivity (Wildman–Crippen MR) is 89.7 cm³/mol. The molecule has 0 spiro atoms. The van der Waals surface area contributed by atoms with Crippen LogP contribution in [0.3, 0.4) is 0 Å². The fourth-order valence-electron chi connectivity index (χ4n) is 2.19. The van der Waals surface area contributed by atoms with E-state index in [4.69, 9.17) is 4.74 Å². The van der Waals surface area contributed by atoms with Gasteiger partial charge in [-0.3, -0.25) is 4.79 Å². The normalized spacial score (nSPS) is 11.9. The van der Waals surface area contributed by atoms with E-state index < -0.39 is 6.10 Å². The molecule has 0 unspecified atom stereocenters. The van der Waals surface area contributed by atoms with Crippen LogP contribution in [0.1, 0.15) is 30.1 Å². The quantitative estimate of drug-likeness (QED) is 0.700. The summed E-state index contributed by atoms with van der Waals surface area (Å²) in [5.41, 5.74) is 1.93. The summed E-state index contributed by atoms with van der Waals surface area (Å²) in [4.78, 5) is 11.7. The molecule has 2 aromatic rings. The molecule has 122 valence electrons. The highest BCUT2D eigenvalue weighted by molar-refractivity contribution is 5.75. The van der Waals surface area contributed by atoms with E-state index in [0.717, 1.165) is 11.1 Å². The number of amides is 1. The standard InChI is InChI=1S/C19H23NO3/c21-18(17-10-5-2-6-11-17)14-20-19(22)12-7-13-23-15-16-8-3-1-4-9-16/h1-6,8-11,18,21H,7,12-15H2,(H,20,22)/t18-/m1/s1. The Morgan fingerprint density at radius 1 is 1.04 bits per heavy atom. The molecule has 0 bridgehead atoms. The van der Waals surface area contributed by atoms with Crippen molar-refractivity contribution in [1.29, 1.82) is 0 Å². The molecule has 1 amide bonds. The minimum atomic E-state index is -0.672. The SMILES string of the molecule is O=C(CCCOCc1ccccc1)NC[C@@H](O)c1ccccc1. The third kappa shape index (κ3) is 6.63. The molecule has 0 aliphatic rings. The van der Waals surface area contributed by atoms with Crippen LogP contribution in [0.25, 0.3) is 0 Å². The van der Waals surface area contributed by atoms with Gasteiger partial charge < -0.3 is 15.2 Å². The van der Waals surface area contributed by atoms with Crippen molar-refractivity contribution < 1.29 is 14.6 Å². The Labute approximate surface area is 137 Å². The van der Waals surface area contributed by atoms with Crippen molar-refractivity contribution >= 4 is 5.91 Å². The van der Waals surface area contributed by atoms with Crippen molar-refractivity contribution in [1.82, 2.24) is 5.32 Å². The van der Waals surface area contributed by atoms with E-state index in [1.165, 1.54) is 0 Å². The summed E-state index contributed by atoms with van der Waals surface area (Å²) in [6.45, 7) is 1.34. The molecule has 0 heterocycles. The van der Waals surface area contributed by atoms with Gasteiger partial charge in [-0.25, -0.2) is 0 Å². The lowest BCUT2D eigenvalue weighted by atomic mass is 10.1. The number of aliphatic hydroxyl groups excluding tert-OH is 1. The number of carbonyl (C=O) groups excluding carboxylic acids is 1. The van der Waals surface area contributed by atoms with E-state index in [1.54, 1.807) is 0 Å². The summed E-state index contributed by atoms with van der Waals surface area (Å²) >= 11 is 0. The van der Waals surface area contributed by atoms with Crippen molar-refractivity contribution in [3.63, 3.8) is 0 Å². The first-order valence-corrected chi connectivity index (χ1v) is 7.87. The monoisotopic (exact) mass is 313 g/mol. The van der Waals surface area contributed by atoms with Gasteiger partial charge in [-0.2, -0.15) is 0 Å². The number of ether oxygens (including phenoxy) is 1. The van der Waals surface area contributed by atoms with Crippen LogP contribution in [0, 0.1) is 0 Å². The molecular weight excluding hydrogens is 290 g/mol. The fourth-order valence-corrected chi connectivity index (χ4v) is 2.19. The molecule has 4 nitrogen and oxygen atoms in total. The maximum absolute atomic E-state index is 11.7. The van der Waals surface area contributed by atoms with Crippen LogP contribution >= 0.6 is 0 Å². The van der Waals surface area contributed by atoms with E-state index in [0.29, 0.717) is 26.1 Å². The highest BCUT2D eigenvalue weighted by Gasteiger charge is 2.08. The van der Waals surface area contributed by atoms with E-state index in [2.05, 4.69) is 5.32 Å². The summed E-state index contributed by atoms with van der Waals surface area (Å²) in [5, 5.41) is 12.7. The number of hydrogen-bond donors (Lipinski definition) is 2. The average molecular weight is 313 g/mol. The number of rotatable bonds is 9. The molecule has 2 rings (SSSR count). The van der Waals surface area contributed by atoms with Gasteiger partial charge in [-0.1, -0.05) is 60.7 Å². The molecule has 2 N–H and O–H groups in total. The van der Waals surface area contributed by atoms with Crippen LogP contribution in [0.4, 0.5) is 0 Å².